The highest BCUT2D eigenvalue weighted by atomic mass is 19.1. The van der Waals surface area contributed by atoms with Crippen molar-refractivity contribution in [1.29, 1.82) is 0 Å². The van der Waals surface area contributed by atoms with Crippen molar-refractivity contribution in [2.24, 2.45) is 0 Å². The first-order chi connectivity index (χ1) is 10.3. The number of halogens is 1. The van der Waals surface area contributed by atoms with Crippen molar-refractivity contribution >= 4 is 11.9 Å². The molecule has 0 aromatic heterocycles. The largest absolute Gasteiger partial charge is 0.460 e. The molecule has 0 saturated heterocycles. The summed E-state index contributed by atoms with van der Waals surface area (Å²) in [4.78, 5) is 32.2. The fourth-order valence-electron chi connectivity index (χ4n) is 1.19. The van der Waals surface area contributed by atoms with Gasteiger partial charge < -0.3 is 9.47 Å². The quantitative estimate of drug-likeness (QED) is 0.357. The number of carbonyl (C=O) groups excluding carboxylic acids is 2. The van der Waals surface area contributed by atoms with Crippen LogP contribution in [0, 0.1) is 15.9 Å². The molecule has 0 atom stereocenters. The molecule has 1 rings (SSSR count). The van der Waals surface area contributed by atoms with Crippen molar-refractivity contribution in [2.45, 2.75) is 26.3 Å². The molecule has 122 valence electrons. The summed E-state index contributed by atoms with van der Waals surface area (Å²) in [5.41, 5.74) is -2.48. The van der Waals surface area contributed by atoms with E-state index < -0.39 is 22.4 Å². The maximum absolute atomic E-state index is 11.9. The zero-order chi connectivity index (χ0) is 17.2. The molecule has 0 radical (unpaired) electrons. The van der Waals surface area contributed by atoms with E-state index in [1.54, 1.807) is 18.2 Å². The second-order valence-electron chi connectivity index (χ2n) is 4.07. The molecule has 0 fully saturated rings. The molecule has 0 unspecified atom stereocenters. The van der Waals surface area contributed by atoms with Gasteiger partial charge in [0.15, 0.2) is 0 Å². The molecular weight excluding hydrogens is 297 g/mol. The van der Waals surface area contributed by atoms with Gasteiger partial charge in [0.25, 0.3) is 0 Å². The number of rotatable bonds is 5. The van der Waals surface area contributed by atoms with Crippen molar-refractivity contribution in [3.8, 4) is 0 Å². The number of esters is 2. The minimum absolute atomic E-state index is 0.0400. The van der Waals surface area contributed by atoms with Gasteiger partial charge in [-0.2, -0.15) is 0 Å². The summed E-state index contributed by atoms with van der Waals surface area (Å²) < 4.78 is 20.8. The van der Waals surface area contributed by atoms with Crippen molar-refractivity contribution < 1.29 is 28.4 Å². The maximum Gasteiger partial charge on any atom is 0.407 e. The molecule has 0 aliphatic rings. The fourth-order valence-corrected chi connectivity index (χ4v) is 1.19. The van der Waals surface area contributed by atoms with E-state index in [9.17, 15) is 24.1 Å². The summed E-state index contributed by atoms with van der Waals surface area (Å²) in [5.74, 6) is -2.61. The summed E-state index contributed by atoms with van der Waals surface area (Å²) >= 11 is 0. The van der Waals surface area contributed by atoms with Crippen LogP contribution in [0.1, 0.15) is 20.8 Å². The van der Waals surface area contributed by atoms with Crippen LogP contribution in [-0.2, 0) is 19.1 Å². The average Bonchev–Trinajstić information content (AvgIpc) is 2.48. The summed E-state index contributed by atoms with van der Waals surface area (Å²) in [6.07, 6.45) is 0. The molecule has 0 saturated carbocycles. The predicted molar refractivity (Wildman–Crippen MR) is 75.1 cm³/mol. The van der Waals surface area contributed by atoms with Crippen molar-refractivity contribution in [2.75, 3.05) is 13.2 Å². The van der Waals surface area contributed by atoms with Crippen LogP contribution < -0.4 is 0 Å². The Balaban J connectivity index is 0.000000518. The van der Waals surface area contributed by atoms with Gasteiger partial charge in [0.1, 0.15) is 5.82 Å². The van der Waals surface area contributed by atoms with Gasteiger partial charge in [0.2, 0.25) is 0 Å². The first-order valence-corrected chi connectivity index (χ1v) is 6.50. The van der Waals surface area contributed by atoms with E-state index >= 15 is 0 Å². The molecule has 0 bridgehead atoms. The standard InChI is InChI=1S/C8H13NO6.C6H5F/c1-4-14-6(10)8(3,9(12)13)7(11)15-5-2;7-6-4-2-1-3-5-6/h4-5H2,1-3H3;1-5H. The van der Waals surface area contributed by atoms with E-state index in [0.29, 0.717) is 0 Å². The second kappa shape index (κ2) is 9.43. The van der Waals surface area contributed by atoms with Crippen molar-refractivity contribution in [3.05, 3.63) is 46.3 Å². The summed E-state index contributed by atoms with van der Waals surface area (Å²) in [5, 5.41) is 10.7. The molecule has 1 aromatic rings. The Kier molecular flexibility index (Phi) is 8.35. The van der Waals surface area contributed by atoms with Crippen LogP contribution in [-0.4, -0.2) is 35.6 Å². The lowest BCUT2D eigenvalue weighted by Crippen LogP contribution is -2.52. The molecule has 7 nitrogen and oxygen atoms in total. The van der Waals surface area contributed by atoms with E-state index in [-0.39, 0.29) is 19.0 Å². The Labute approximate surface area is 127 Å². The second-order valence-corrected chi connectivity index (χ2v) is 4.07. The number of ether oxygens (including phenoxy) is 2. The van der Waals surface area contributed by atoms with Crippen LogP contribution in [0.25, 0.3) is 0 Å². The molecule has 0 heterocycles. The van der Waals surface area contributed by atoms with Gasteiger partial charge in [-0.25, -0.2) is 14.0 Å². The molecule has 8 heteroatoms. The molecule has 0 N–H and O–H groups in total. The summed E-state index contributed by atoms with van der Waals surface area (Å²) in [6, 6.07) is 7.94. The Morgan fingerprint density at radius 1 is 1.14 bits per heavy atom. The van der Waals surface area contributed by atoms with Crippen LogP contribution >= 0.6 is 0 Å². The lowest BCUT2D eigenvalue weighted by Gasteiger charge is -2.16. The van der Waals surface area contributed by atoms with Gasteiger partial charge in [0.05, 0.1) is 13.2 Å². The van der Waals surface area contributed by atoms with Crippen LogP contribution in [0.4, 0.5) is 4.39 Å². The summed E-state index contributed by atoms with van der Waals surface area (Å²) in [7, 11) is 0. The van der Waals surface area contributed by atoms with Crippen molar-refractivity contribution in [1.82, 2.24) is 0 Å². The Morgan fingerprint density at radius 3 is 1.77 bits per heavy atom. The molecule has 0 spiro atoms. The van der Waals surface area contributed by atoms with Crippen LogP contribution in [0.3, 0.4) is 0 Å². The van der Waals surface area contributed by atoms with E-state index in [0.717, 1.165) is 6.92 Å². The zero-order valence-corrected chi connectivity index (χ0v) is 12.6. The topological polar surface area (TPSA) is 95.7 Å². The lowest BCUT2D eigenvalue weighted by atomic mass is 10.0. The number of benzene rings is 1. The highest BCUT2D eigenvalue weighted by Crippen LogP contribution is 2.14. The first kappa shape index (κ1) is 19.5. The average molecular weight is 315 g/mol. The highest BCUT2D eigenvalue weighted by Gasteiger charge is 2.57. The number of hydrogen-bond donors (Lipinski definition) is 0. The maximum atomic E-state index is 11.9. The zero-order valence-electron chi connectivity index (χ0n) is 12.6. The Hall–Kier alpha value is -2.51. The third-order valence-corrected chi connectivity index (χ3v) is 2.44. The SMILES string of the molecule is CCOC(=O)C(C)(C(=O)OCC)[N+](=O)[O-].Fc1ccccc1. The van der Waals surface area contributed by atoms with Gasteiger partial charge in [-0.1, -0.05) is 18.2 Å². The van der Waals surface area contributed by atoms with Gasteiger partial charge in [0, 0.05) is 11.8 Å². The molecule has 22 heavy (non-hydrogen) atoms. The highest BCUT2D eigenvalue weighted by molar-refractivity contribution is 6.02. The predicted octanol–water partition coefficient (Wildman–Crippen LogP) is 1.97. The van der Waals surface area contributed by atoms with E-state index in [1.807, 2.05) is 0 Å². The summed E-state index contributed by atoms with van der Waals surface area (Å²) in [6.45, 7) is 3.76. The third kappa shape index (κ3) is 5.47. The van der Waals surface area contributed by atoms with Crippen LogP contribution in [0.5, 0.6) is 0 Å². The monoisotopic (exact) mass is 315 g/mol. The van der Waals surface area contributed by atoms with Gasteiger partial charge in [-0.15, -0.1) is 0 Å². The Morgan fingerprint density at radius 2 is 1.55 bits per heavy atom. The number of nitrogens with zero attached hydrogens (tertiary/aromatic N) is 1. The van der Waals surface area contributed by atoms with Crippen LogP contribution in [0.15, 0.2) is 30.3 Å². The number of hydrogen-bond acceptors (Lipinski definition) is 6. The first-order valence-electron chi connectivity index (χ1n) is 6.50. The minimum atomic E-state index is -2.48. The smallest absolute Gasteiger partial charge is 0.407 e. The van der Waals surface area contributed by atoms with Gasteiger partial charge in [-0.3, -0.25) is 10.1 Å². The molecule has 1 aromatic carbocycles. The van der Waals surface area contributed by atoms with Gasteiger partial charge in [-0.05, 0) is 26.0 Å². The number of carbonyl (C=O) groups is 2. The normalized spacial score (nSPS) is 10.0. The molecule has 0 aliphatic heterocycles. The minimum Gasteiger partial charge on any atom is -0.460 e. The lowest BCUT2D eigenvalue weighted by molar-refractivity contribution is -0.537. The Bertz CT molecular complexity index is 487. The van der Waals surface area contributed by atoms with E-state index in [1.165, 1.54) is 26.0 Å². The van der Waals surface area contributed by atoms with E-state index in [4.69, 9.17) is 0 Å². The third-order valence-electron chi connectivity index (χ3n) is 2.44. The molecule has 0 amide bonds. The molecule has 0 aliphatic carbocycles. The van der Waals surface area contributed by atoms with Gasteiger partial charge >= 0.3 is 17.5 Å². The number of nitro groups is 1. The fraction of sp³-hybridized carbons (Fsp3) is 0.429. The molecular formula is C14H18FNO6. The van der Waals surface area contributed by atoms with Crippen molar-refractivity contribution in [3.63, 3.8) is 0 Å². The van der Waals surface area contributed by atoms with Crippen LogP contribution in [0.2, 0.25) is 0 Å². The van der Waals surface area contributed by atoms with E-state index in [2.05, 4.69) is 9.47 Å².